The Bertz CT molecular complexity index is 1030. The summed E-state index contributed by atoms with van der Waals surface area (Å²) < 4.78 is 43.3. The summed E-state index contributed by atoms with van der Waals surface area (Å²) in [4.78, 5) is 0.146. The molecule has 26 heavy (non-hydrogen) atoms. The highest BCUT2D eigenvalue weighted by Crippen LogP contribution is 2.36. The molecule has 136 valence electrons. The van der Waals surface area contributed by atoms with Gasteiger partial charge in [0.05, 0.1) is 30.9 Å². The average molecular weight is 374 g/mol. The lowest BCUT2D eigenvalue weighted by molar-refractivity contribution is 0.355. The Kier molecular flexibility index (Phi) is 4.85. The van der Waals surface area contributed by atoms with Gasteiger partial charge in [-0.1, -0.05) is 23.4 Å². The van der Waals surface area contributed by atoms with Gasteiger partial charge < -0.3 is 14.0 Å². The molecule has 0 saturated carbocycles. The van der Waals surface area contributed by atoms with Crippen molar-refractivity contribution in [3.05, 3.63) is 54.2 Å². The summed E-state index contributed by atoms with van der Waals surface area (Å²) in [6.07, 6.45) is 1.44. The lowest BCUT2D eigenvalue weighted by Crippen LogP contribution is -2.13. The number of hydrogen-bond acceptors (Lipinski definition) is 6. The third-order valence-corrected chi connectivity index (χ3v) is 5.12. The van der Waals surface area contributed by atoms with Crippen LogP contribution in [-0.4, -0.2) is 27.8 Å². The molecule has 0 amide bonds. The first-order valence-corrected chi connectivity index (χ1v) is 9.19. The van der Waals surface area contributed by atoms with Crippen LogP contribution in [0.15, 0.2) is 58.1 Å². The van der Waals surface area contributed by atoms with E-state index in [0.717, 1.165) is 5.56 Å². The standard InChI is InChI=1S/C18H18N2O5S/c1-12-5-4-6-14(9-12)26(21,22)20-18-15(11-19-25-18)13-7-8-16(23-2)17(10-13)24-3/h4-11,20H,1-3H3. The minimum absolute atomic E-state index is 0.0266. The van der Waals surface area contributed by atoms with E-state index in [0.29, 0.717) is 22.6 Å². The fourth-order valence-electron chi connectivity index (χ4n) is 2.49. The number of nitrogens with one attached hydrogen (secondary N) is 1. The van der Waals surface area contributed by atoms with Crippen LogP contribution in [0.4, 0.5) is 5.88 Å². The van der Waals surface area contributed by atoms with Crippen LogP contribution >= 0.6 is 0 Å². The van der Waals surface area contributed by atoms with E-state index >= 15 is 0 Å². The van der Waals surface area contributed by atoms with Crippen LogP contribution in [0.25, 0.3) is 11.1 Å². The SMILES string of the molecule is COc1ccc(-c2cnoc2NS(=O)(=O)c2cccc(C)c2)cc1OC. The molecule has 3 rings (SSSR count). The first-order valence-electron chi connectivity index (χ1n) is 7.71. The van der Waals surface area contributed by atoms with Crippen molar-refractivity contribution in [2.24, 2.45) is 0 Å². The highest BCUT2D eigenvalue weighted by molar-refractivity contribution is 7.92. The molecule has 1 aromatic heterocycles. The second-order valence-corrected chi connectivity index (χ2v) is 7.24. The summed E-state index contributed by atoms with van der Waals surface area (Å²) >= 11 is 0. The van der Waals surface area contributed by atoms with E-state index in [1.165, 1.54) is 19.4 Å². The third kappa shape index (κ3) is 3.50. The summed E-state index contributed by atoms with van der Waals surface area (Å²) in [6.45, 7) is 1.82. The zero-order chi connectivity index (χ0) is 18.7. The van der Waals surface area contributed by atoms with Gasteiger partial charge in [-0.2, -0.15) is 0 Å². The summed E-state index contributed by atoms with van der Waals surface area (Å²) in [7, 11) is -0.740. The maximum absolute atomic E-state index is 12.6. The van der Waals surface area contributed by atoms with Crippen LogP contribution in [0.1, 0.15) is 5.56 Å². The fraction of sp³-hybridized carbons (Fsp3) is 0.167. The van der Waals surface area contributed by atoms with Gasteiger partial charge in [0.25, 0.3) is 10.0 Å². The van der Waals surface area contributed by atoms with E-state index in [9.17, 15) is 8.42 Å². The maximum atomic E-state index is 12.6. The van der Waals surface area contributed by atoms with Crippen LogP contribution < -0.4 is 14.2 Å². The Hall–Kier alpha value is -3.00. The number of hydrogen-bond donors (Lipinski definition) is 1. The van der Waals surface area contributed by atoms with E-state index in [1.54, 1.807) is 37.4 Å². The van der Waals surface area contributed by atoms with Crippen LogP contribution in [0.5, 0.6) is 11.5 Å². The molecule has 0 aliphatic rings. The molecule has 0 radical (unpaired) electrons. The van der Waals surface area contributed by atoms with Gasteiger partial charge in [0.1, 0.15) is 0 Å². The number of sulfonamides is 1. The van der Waals surface area contributed by atoms with Crippen molar-refractivity contribution in [2.75, 3.05) is 18.9 Å². The summed E-state index contributed by atoms with van der Waals surface area (Å²) in [5.74, 6) is 1.10. The molecule has 0 spiro atoms. The predicted molar refractivity (Wildman–Crippen MR) is 97.0 cm³/mol. The summed E-state index contributed by atoms with van der Waals surface area (Å²) in [5.41, 5.74) is 2.00. The molecule has 0 atom stereocenters. The number of methoxy groups -OCH3 is 2. The Morgan fingerprint density at radius 1 is 1.04 bits per heavy atom. The Labute approximate surface area is 151 Å². The average Bonchev–Trinajstić information content (AvgIpc) is 3.08. The van der Waals surface area contributed by atoms with E-state index in [1.807, 2.05) is 13.0 Å². The molecule has 7 nitrogen and oxygen atoms in total. The van der Waals surface area contributed by atoms with Crippen LogP contribution in [0.3, 0.4) is 0 Å². The largest absolute Gasteiger partial charge is 0.493 e. The minimum Gasteiger partial charge on any atom is -0.493 e. The Morgan fingerprint density at radius 2 is 1.81 bits per heavy atom. The van der Waals surface area contributed by atoms with Crippen molar-refractivity contribution >= 4 is 15.9 Å². The van der Waals surface area contributed by atoms with Crippen LogP contribution in [-0.2, 0) is 10.0 Å². The summed E-state index contributed by atoms with van der Waals surface area (Å²) in [6, 6.07) is 11.8. The normalized spacial score (nSPS) is 11.2. The van der Waals surface area contributed by atoms with Gasteiger partial charge >= 0.3 is 0 Å². The number of aryl methyl sites for hydroxylation is 1. The van der Waals surface area contributed by atoms with Gasteiger partial charge in [-0.25, -0.2) is 13.1 Å². The van der Waals surface area contributed by atoms with E-state index in [-0.39, 0.29) is 10.8 Å². The zero-order valence-electron chi connectivity index (χ0n) is 14.5. The van der Waals surface area contributed by atoms with Gasteiger partial charge in [-0.3, -0.25) is 0 Å². The zero-order valence-corrected chi connectivity index (χ0v) is 15.3. The smallest absolute Gasteiger partial charge is 0.264 e. The highest BCUT2D eigenvalue weighted by Gasteiger charge is 2.20. The third-order valence-electron chi connectivity index (χ3n) is 3.79. The first kappa shape index (κ1) is 17.8. The van der Waals surface area contributed by atoms with Crippen molar-refractivity contribution in [3.8, 4) is 22.6 Å². The Balaban J connectivity index is 1.97. The minimum atomic E-state index is -3.80. The molecule has 0 aliphatic carbocycles. The van der Waals surface area contributed by atoms with E-state index < -0.39 is 10.0 Å². The van der Waals surface area contributed by atoms with Crippen LogP contribution in [0, 0.1) is 6.92 Å². The quantitative estimate of drug-likeness (QED) is 0.710. The second kappa shape index (κ2) is 7.09. The fourth-order valence-corrected chi connectivity index (χ4v) is 3.59. The lowest BCUT2D eigenvalue weighted by atomic mass is 10.1. The molecule has 0 bridgehead atoms. The number of aromatic nitrogens is 1. The number of anilines is 1. The molecule has 0 aliphatic heterocycles. The molecule has 1 N–H and O–H groups in total. The maximum Gasteiger partial charge on any atom is 0.264 e. The molecule has 2 aromatic carbocycles. The van der Waals surface area contributed by atoms with Crippen molar-refractivity contribution < 1.29 is 22.4 Å². The van der Waals surface area contributed by atoms with Gasteiger partial charge in [0, 0.05) is 0 Å². The van der Waals surface area contributed by atoms with Crippen molar-refractivity contribution in [1.82, 2.24) is 5.16 Å². The lowest BCUT2D eigenvalue weighted by Gasteiger charge is -2.10. The number of rotatable bonds is 6. The van der Waals surface area contributed by atoms with Crippen molar-refractivity contribution in [3.63, 3.8) is 0 Å². The van der Waals surface area contributed by atoms with Gasteiger partial charge in [0.2, 0.25) is 5.88 Å². The Morgan fingerprint density at radius 3 is 2.50 bits per heavy atom. The van der Waals surface area contributed by atoms with Gasteiger partial charge in [-0.05, 0) is 42.3 Å². The van der Waals surface area contributed by atoms with Crippen molar-refractivity contribution in [2.45, 2.75) is 11.8 Å². The molecule has 3 aromatic rings. The highest BCUT2D eigenvalue weighted by atomic mass is 32.2. The predicted octanol–water partition coefficient (Wildman–Crippen LogP) is 3.47. The summed E-state index contributed by atoms with van der Waals surface area (Å²) in [5, 5.41) is 3.72. The molecule has 0 saturated heterocycles. The van der Waals surface area contributed by atoms with Crippen LogP contribution in [0.2, 0.25) is 0 Å². The van der Waals surface area contributed by atoms with E-state index in [2.05, 4.69) is 9.88 Å². The number of ether oxygens (including phenoxy) is 2. The monoisotopic (exact) mass is 374 g/mol. The topological polar surface area (TPSA) is 90.7 Å². The molecular formula is C18H18N2O5S. The van der Waals surface area contributed by atoms with E-state index in [4.69, 9.17) is 14.0 Å². The number of benzene rings is 2. The van der Waals surface area contributed by atoms with Gasteiger partial charge in [0.15, 0.2) is 11.5 Å². The molecule has 0 unspecified atom stereocenters. The van der Waals surface area contributed by atoms with Gasteiger partial charge in [-0.15, -0.1) is 0 Å². The van der Waals surface area contributed by atoms with Crippen molar-refractivity contribution in [1.29, 1.82) is 0 Å². The second-order valence-electron chi connectivity index (χ2n) is 5.56. The molecule has 0 fully saturated rings. The number of nitrogens with zero attached hydrogens (tertiary/aromatic N) is 1. The molecule has 1 heterocycles. The molecular weight excluding hydrogens is 356 g/mol. The molecule has 8 heteroatoms. The first-order chi connectivity index (χ1) is 12.4.